The second-order valence-corrected chi connectivity index (χ2v) is 11.1. The fourth-order valence-electron chi connectivity index (χ4n) is 5.83. The van der Waals surface area contributed by atoms with Crippen molar-refractivity contribution in [1.82, 2.24) is 25.0 Å². The molecule has 2 N–H and O–H groups in total. The van der Waals surface area contributed by atoms with Crippen LogP contribution in [0.15, 0.2) is 73.1 Å². The van der Waals surface area contributed by atoms with Crippen LogP contribution in [0.25, 0.3) is 0 Å². The summed E-state index contributed by atoms with van der Waals surface area (Å²) >= 11 is 0. The summed E-state index contributed by atoms with van der Waals surface area (Å²) in [5.74, 6) is -1.14. The molecule has 12 heteroatoms. The number of nitrogens with one attached hydrogen (secondary N) is 2. The maximum Gasteiger partial charge on any atom is 0.429 e. The van der Waals surface area contributed by atoms with Gasteiger partial charge in [-0.05, 0) is 29.9 Å². The molecule has 2 fully saturated rings. The van der Waals surface area contributed by atoms with Gasteiger partial charge in [0.05, 0.1) is 12.5 Å². The molecule has 1 aliphatic carbocycles. The van der Waals surface area contributed by atoms with Gasteiger partial charge >= 0.3 is 6.09 Å². The lowest BCUT2D eigenvalue weighted by atomic mass is 9.92. The number of H-pyrrole nitrogens is 1. The summed E-state index contributed by atoms with van der Waals surface area (Å²) in [5, 5.41) is 6.25. The molecule has 0 radical (unpaired) electrons. The summed E-state index contributed by atoms with van der Waals surface area (Å²) in [5.41, 5.74) is 1.67. The molecule has 0 bridgehead atoms. The highest BCUT2D eigenvalue weighted by Gasteiger charge is 2.46. The van der Waals surface area contributed by atoms with E-state index in [0.717, 1.165) is 41.9 Å². The quantitative estimate of drug-likeness (QED) is 0.220. The fraction of sp³-hybridized carbons (Fsp3) is 0.406. The highest BCUT2D eigenvalue weighted by molar-refractivity contribution is 5.97. The van der Waals surface area contributed by atoms with Gasteiger partial charge < -0.3 is 9.72 Å². The number of imidazole rings is 1. The normalized spacial score (nSPS) is 17.3. The Morgan fingerprint density at radius 2 is 1.68 bits per heavy atom. The lowest BCUT2D eigenvalue weighted by Crippen LogP contribution is -2.55. The van der Waals surface area contributed by atoms with Gasteiger partial charge in [-0.15, -0.1) is 0 Å². The van der Waals surface area contributed by atoms with Gasteiger partial charge in [0.15, 0.2) is 0 Å². The highest BCUT2D eigenvalue weighted by Crippen LogP contribution is 2.33. The molecule has 5 rings (SSSR count). The number of hydrogen-bond donors (Lipinski definition) is 2. The number of benzene rings is 2. The van der Waals surface area contributed by atoms with Crippen LogP contribution in [-0.2, 0) is 37.2 Å². The molecule has 0 unspecified atom stereocenters. The molecule has 1 aliphatic heterocycles. The third-order valence-electron chi connectivity index (χ3n) is 8.05. The summed E-state index contributed by atoms with van der Waals surface area (Å²) in [6, 6.07) is 17.6. The van der Waals surface area contributed by atoms with Crippen LogP contribution in [0, 0.1) is 11.8 Å². The van der Waals surface area contributed by atoms with Gasteiger partial charge in [-0.25, -0.2) is 24.9 Å². The Bertz CT molecular complexity index is 1370. The van der Waals surface area contributed by atoms with Gasteiger partial charge in [-0.1, -0.05) is 86.3 Å². The molecule has 4 amide bonds. The number of carbonyl (C=O) groups is 4. The second kappa shape index (κ2) is 15.1. The molecule has 44 heavy (non-hydrogen) atoms. The molecule has 0 spiro atoms. The Hall–Kier alpha value is -4.71. The van der Waals surface area contributed by atoms with Crippen LogP contribution in [0.1, 0.15) is 49.7 Å². The van der Waals surface area contributed by atoms with Gasteiger partial charge in [-0.2, -0.15) is 0 Å². The zero-order valence-corrected chi connectivity index (χ0v) is 24.5. The molecule has 1 saturated carbocycles. The van der Waals surface area contributed by atoms with Crippen molar-refractivity contribution in [2.45, 2.75) is 57.8 Å². The first-order valence-corrected chi connectivity index (χ1v) is 15.0. The number of aromatic amines is 1. The predicted octanol–water partition coefficient (Wildman–Crippen LogP) is 4.29. The van der Waals surface area contributed by atoms with Crippen molar-refractivity contribution in [3.8, 4) is 0 Å². The molecule has 232 valence electrons. The number of aromatic nitrogens is 2. The van der Waals surface area contributed by atoms with Crippen LogP contribution in [-0.4, -0.2) is 68.5 Å². The first-order valence-electron chi connectivity index (χ1n) is 15.0. The Morgan fingerprint density at radius 1 is 1.00 bits per heavy atom. The van der Waals surface area contributed by atoms with E-state index in [-0.39, 0.29) is 44.6 Å². The first-order chi connectivity index (χ1) is 21.5. The van der Waals surface area contributed by atoms with E-state index < -0.39 is 29.9 Å². The lowest BCUT2D eigenvalue weighted by Gasteiger charge is -2.35. The zero-order valence-electron chi connectivity index (χ0n) is 24.5. The standard InChI is InChI=1S/C32H38N6O6/c39-23-36(44-22-26-13-5-2-6-14-26)20-27(19-24-9-7-8-10-24)30(41)38-28(29(40)35-31-33-16-17-34-31)15-18-37(38)32(42)43-21-25-11-3-1-4-12-25/h1-6,11-14,16-17,23-24,27-28H,7-10,15,18-22H2,(H2,33,34,35,40)/t27-,28+/m1/s1. The van der Waals surface area contributed by atoms with E-state index in [9.17, 15) is 19.2 Å². The van der Waals surface area contributed by atoms with E-state index >= 15 is 0 Å². The van der Waals surface area contributed by atoms with Crippen molar-refractivity contribution < 1.29 is 28.8 Å². The van der Waals surface area contributed by atoms with Gasteiger partial charge in [0.1, 0.15) is 19.3 Å². The Labute approximate surface area is 256 Å². The van der Waals surface area contributed by atoms with Crippen molar-refractivity contribution in [3.63, 3.8) is 0 Å². The number of nitrogens with zero attached hydrogens (tertiary/aromatic N) is 4. The lowest BCUT2D eigenvalue weighted by molar-refractivity contribution is -0.185. The van der Waals surface area contributed by atoms with Crippen LogP contribution >= 0.6 is 0 Å². The topological polar surface area (TPSA) is 137 Å². The monoisotopic (exact) mass is 602 g/mol. The highest BCUT2D eigenvalue weighted by atomic mass is 16.7. The minimum absolute atomic E-state index is 0.0131. The van der Waals surface area contributed by atoms with Crippen LogP contribution in [0.3, 0.4) is 0 Å². The SMILES string of the molecule is O=CN(C[C@@H](CC1CCCC1)C(=O)N1[C@H](C(=O)Nc2ncc[nH]2)CCN1C(=O)OCc1ccccc1)OCc1ccccc1. The minimum atomic E-state index is -0.988. The zero-order chi connectivity index (χ0) is 30.7. The summed E-state index contributed by atoms with van der Waals surface area (Å²) in [7, 11) is 0. The molecular formula is C32H38N6O6. The molecule has 2 aromatic carbocycles. The average Bonchev–Trinajstić information content (AvgIpc) is 3.85. The van der Waals surface area contributed by atoms with E-state index in [4.69, 9.17) is 9.57 Å². The Morgan fingerprint density at radius 3 is 2.32 bits per heavy atom. The van der Waals surface area contributed by atoms with Gasteiger partial charge in [0.25, 0.3) is 5.91 Å². The van der Waals surface area contributed by atoms with E-state index in [1.807, 2.05) is 60.7 Å². The fourth-order valence-corrected chi connectivity index (χ4v) is 5.83. The number of ether oxygens (including phenoxy) is 1. The Kier molecular flexibility index (Phi) is 10.6. The number of amides is 4. The minimum Gasteiger partial charge on any atom is -0.443 e. The van der Waals surface area contributed by atoms with E-state index in [1.165, 1.54) is 16.2 Å². The first kappa shape index (κ1) is 30.7. The van der Waals surface area contributed by atoms with Crippen LogP contribution in [0.4, 0.5) is 10.7 Å². The maximum absolute atomic E-state index is 14.4. The number of hydroxylamine groups is 2. The Balaban J connectivity index is 1.36. The van der Waals surface area contributed by atoms with Gasteiger partial charge in [0.2, 0.25) is 18.3 Å². The van der Waals surface area contributed by atoms with Crippen molar-refractivity contribution in [2.75, 3.05) is 18.4 Å². The number of rotatable bonds is 13. The average molecular weight is 603 g/mol. The molecule has 2 heterocycles. The molecule has 1 saturated heterocycles. The smallest absolute Gasteiger partial charge is 0.429 e. The molecule has 2 aliphatic rings. The molecular weight excluding hydrogens is 564 g/mol. The number of hydrogen-bond acceptors (Lipinski definition) is 7. The summed E-state index contributed by atoms with van der Waals surface area (Å²) in [6.07, 6.45) is 7.69. The second-order valence-electron chi connectivity index (χ2n) is 11.1. The van der Waals surface area contributed by atoms with Crippen molar-refractivity contribution in [1.29, 1.82) is 0 Å². The van der Waals surface area contributed by atoms with Crippen molar-refractivity contribution in [3.05, 3.63) is 84.2 Å². The van der Waals surface area contributed by atoms with Gasteiger partial charge in [-0.3, -0.25) is 24.5 Å². The van der Waals surface area contributed by atoms with Crippen LogP contribution < -0.4 is 5.32 Å². The van der Waals surface area contributed by atoms with E-state index in [0.29, 0.717) is 12.8 Å². The summed E-state index contributed by atoms with van der Waals surface area (Å²) < 4.78 is 5.58. The third-order valence-corrected chi connectivity index (χ3v) is 8.05. The summed E-state index contributed by atoms with van der Waals surface area (Å²) in [6.45, 7) is 0.244. The molecule has 12 nitrogen and oxygen atoms in total. The third kappa shape index (κ3) is 8.01. The summed E-state index contributed by atoms with van der Waals surface area (Å²) in [4.78, 5) is 66.1. The number of anilines is 1. The number of hydrazine groups is 1. The van der Waals surface area contributed by atoms with Crippen molar-refractivity contribution in [2.24, 2.45) is 11.8 Å². The van der Waals surface area contributed by atoms with E-state index in [2.05, 4.69) is 15.3 Å². The van der Waals surface area contributed by atoms with Crippen LogP contribution in [0.2, 0.25) is 0 Å². The molecule has 2 atom stereocenters. The largest absolute Gasteiger partial charge is 0.443 e. The predicted molar refractivity (Wildman–Crippen MR) is 160 cm³/mol. The molecule has 3 aromatic rings. The van der Waals surface area contributed by atoms with E-state index in [1.54, 1.807) is 6.20 Å². The number of carbonyl (C=O) groups excluding carboxylic acids is 4. The molecule has 1 aromatic heterocycles. The van der Waals surface area contributed by atoms with Crippen molar-refractivity contribution >= 4 is 30.3 Å². The van der Waals surface area contributed by atoms with Crippen LogP contribution in [0.5, 0.6) is 0 Å². The maximum atomic E-state index is 14.4. The van der Waals surface area contributed by atoms with Gasteiger partial charge in [0, 0.05) is 18.9 Å².